The largest absolute Gasteiger partial charge is 0.493 e. The third-order valence-corrected chi connectivity index (χ3v) is 5.05. The van der Waals surface area contributed by atoms with Crippen molar-refractivity contribution in [2.45, 2.75) is 18.3 Å². The van der Waals surface area contributed by atoms with Gasteiger partial charge in [0.1, 0.15) is 13.2 Å². The lowest BCUT2D eigenvalue weighted by Gasteiger charge is -2.14. The number of thioether (sulfide) groups is 1. The molecule has 0 aliphatic heterocycles. The van der Waals surface area contributed by atoms with E-state index in [0.29, 0.717) is 6.61 Å². The van der Waals surface area contributed by atoms with Crippen LogP contribution >= 0.6 is 11.8 Å². The summed E-state index contributed by atoms with van der Waals surface area (Å²) in [5.41, 5.74) is 2.25. The van der Waals surface area contributed by atoms with Gasteiger partial charge in [0.2, 0.25) is 5.16 Å². The molecule has 7 nitrogen and oxygen atoms in total. The van der Waals surface area contributed by atoms with Gasteiger partial charge >= 0.3 is 0 Å². The number of aryl methyl sites for hydroxylation is 1. The van der Waals surface area contributed by atoms with Gasteiger partial charge in [-0.25, -0.2) is 4.68 Å². The Kier molecular flexibility index (Phi) is 7.06. The molecule has 0 bridgehead atoms. The summed E-state index contributed by atoms with van der Waals surface area (Å²) in [6.07, 6.45) is 0. The second-order valence-electron chi connectivity index (χ2n) is 5.94. The van der Waals surface area contributed by atoms with Gasteiger partial charge in [0.25, 0.3) is 0 Å². The first-order chi connectivity index (χ1) is 13.3. The third-order valence-electron chi connectivity index (χ3n) is 4.01. The normalized spacial score (nSPS) is 10.7. The first-order valence-electron chi connectivity index (χ1n) is 8.77. The summed E-state index contributed by atoms with van der Waals surface area (Å²) in [6, 6.07) is 16.2. The number of para-hydroxylation sites is 1. The molecule has 27 heavy (non-hydrogen) atoms. The van der Waals surface area contributed by atoms with E-state index < -0.39 is 0 Å². The molecule has 2 aromatic carbocycles. The molecule has 3 rings (SSSR count). The molecular formula is C19H24N5O2S+. The van der Waals surface area contributed by atoms with Crippen molar-refractivity contribution in [1.82, 2.24) is 20.2 Å². The number of nitrogens with two attached hydrogens (primary N) is 1. The highest BCUT2D eigenvalue weighted by atomic mass is 32.2. The van der Waals surface area contributed by atoms with Gasteiger partial charge in [0.05, 0.1) is 25.0 Å². The van der Waals surface area contributed by atoms with Crippen LogP contribution in [0.3, 0.4) is 0 Å². The second kappa shape index (κ2) is 9.94. The first kappa shape index (κ1) is 19.2. The highest BCUT2D eigenvalue weighted by Crippen LogP contribution is 2.31. The van der Waals surface area contributed by atoms with E-state index in [0.717, 1.165) is 46.6 Å². The fraction of sp³-hybridized carbons (Fsp3) is 0.316. The van der Waals surface area contributed by atoms with Gasteiger partial charge in [-0.2, -0.15) is 0 Å². The maximum Gasteiger partial charge on any atom is 0.209 e. The molecule has 0 amide bonds. The van der Waals surface area contributed by atoms with Gasteiger partial charge in [0.15, 0.2) is 11.5 Å². The molecule has 0 aliphatic carbocycles. The van der Waals surface area contributed by atoms with Crippen LogP contribution in [0.2, 0.25) is 0 Å². The molecule has 142 valence electrons. The Bertz CT molecular complexity index is 841. The summed E-state index contributed by atoms with van der Waals surface area (Å²) in [5, 5.41) is 14.5. The number of aromatic nitrogens is 4. The quantitative estimate of drug-likeness (QED) is 0.422. The molecule has 0 saturated carbocycles. The number of ether oxygens (including phenoxy) is 2. The molecule has 0 atom stereocenters. The predicted molar refractivity (Wildman–Crippen MR) is 104 cm³/mol. The van der Waals surface area contributed by atoms with E-state index in [-0.39, 0.29) is 0 Å². The van der Waals surface area contributed by atoms with Crippen molar-refractivity contribution < 1.29 is 14.8 Å². The summed E-state index contributed by atoms with van der Waals surface area (Å²) in [6.45, 7) is 2.29. The zero-order chi connectivity index (χ0) is 18.9. The van der Waals surface area contributed by atoms with Crippen LogP contribution in [0.4, 0.5) is 0 Å². The maximum absolute atomic E-state index is 6.10. The second-order valence-corrected chi connectivity index (χ2v) is 7.00. The molecule has 8 heteroatoms. The van der Waals surface area contributed by atoms with E-state index in [2.05, 4.69) is 39.0 Å². The molecule has 0 saturated heterocycles. The molecule has 1 aromatic heterocycles. The van der Waals surface area contributed by atoms with Gasteiger partial charge in [-0.1, -0.05) is 48.2 Å². The van der Waals surface area contributed by atoms with Gasteiger partial charge in [0, 0.05) is 7.05 Å². The van der Waals surface area contributed by atoms with Crippen LogP contribution in [0.1, 0.15) is 11.1 Å². The first-order valence-corrected chi connectivity index (χ1v) is 9.76. The SMILES string of the molecule is COc1cccc(C[NH2+]CCSc2nnnn2C)c1OCc1ccccc1. The Morgan fingerprint density at radius 3 is 2.70 bits per heavy atom. The van der Waals surface area contributed by atoms with E-state index in [9.17, 15) is 0 Å². The van der Waals surface area contributed by atoms with Gasteiger partial charge < -0.3 is 14.8 Å². The summed E-state index contributed by atoms with van der Waals surface area (Å²) >= 11 is 1.65. The minimum Gasteiger partial charge on any atom is -0.493 e. The van der Waals surface area contributed by atoms with Crippen molar-refractivity contribution in [2.75, 3.05) is 19.4 Å². The van der Waals surface area contributed by atoms with E-state index in [1.807, 2.05) is 37.4 Å². The van der Waals surface area contributed by atoms with Crippen LogP contribution < -0.4 is 14.8 Å². The molecule has 2 N–H and O–H groups in total. The lowest BCUT2D eigenvalue weighted by molar-refractivity contribution is -0.666. The Balaban J connectivity index is 1.55. The van der Waals surface area contributed by atoms with Crippen LogP contribution in [0.5, 0.6) is 11.5 Å². The summed E-state index contributed by atoms with van der Waals surface area (Å²) in [7, 11) is 3.52. The molecule has 0 fully saturated rings. The minimum absolute atomic E-state index is 0.517. The topological polar surface area (TPSA) is 78.7 Å². The number of quaternary nitrogens is 1. The van der Waals surface area contributed by atoms with Crippen molar-refractivity contribution >= 4 is 11.8 Å². The predicted octanol–water partition coefficient (Wildman–Crippen LogP) is 1.65. The van der Waals surface area contributed by atoms with E-state index in [4.69, 9.17) is 9.47 Å². The Morgan fingerprint density at radius 1 is 1.11 bits per heavy atom. The highest BCUT2D eigenvalue weighted by Gasteiger charge is 2.12. The molecule has 0 radical (unpaired) electrons. The third kappa shape index (κ3) is 5.45. The molecule has 0 aliphatic rings. The fourth-order valence-corrected chi connectivity index (χ4v) is 3.40. The number of rotatable bonds is 10. The smallest absolute Gasteiger partial charge is 0.209 e. The Labute approximate surface area is 163 Å². The molecule has 3 aromatic rings. The summed E-state index contributed by atoms with van der Waals surface area (Å²) in [4.78, 5) is 0. The van der Waals surface area contributed by atoms with E-state index in [1.165, 1.54) is 0 Å². The monoisotopic (exact) mass is 386 g/mol. The van der Waals surface area contributed by atoms with E-state index >= 15 is 0 Å². The average molecular weight is 387 g/mol. The van der Waals surface area contributed by atoms with Crippen molar-refractivity contribution in [3.8, 4) is 11.5 Å². The number of tetrazole rings is 1. The van der Waals surface area contributed by atoms with E-state index in [1.54, 1.807) is 23.6 Å². The van der Waals surface area contributed by atoms with Crippen LogP contribution in [0.15, 0.2) is 53.7 Å². The Morgan fingerprint density at radius 2 is 1.96 bits per heavy atom. The van der Waals surface area contributed by atoms with Crippen molar-refractivity contribution in [3.05, 3.63) is 59.7 Å². The van der Waals surface area contributed by atoms with Crippen LogP contribution in [-0.4, -0.2) is 39.6 Å². The number of benzene rings is 2. The molecular weight excluding hydrogens is 362 g/mol. The maximum atomic E-state index is 6.10. The van der Waals surface area contributed by atoms with Crippen molar-refractivity contribution in [2.24, 2.45) is 7.05 Å². The zero-order valence-electron chi connectivity index (χ0n) is 15.5. The van der Waals surface area contributed by atoms with Crippen LogP contribution in [0.25, 0.3) is 0 Å². The summed E-state index contributed by atoms with van der Waals surface area (Å²) < 4.78 is 13.3. The van der Waals surface area contributed by atoms with Crippen molar-refractivity contribution in [3.63, 3.8) is 0 Å². The van der Waals surface area contributed by atoms with Crippen LogP contribution in [0, 0.1) is 0 Å². The highest BCUT2D eigenvalue weighted by molar-refractivity contribution is 7.99. The number of hydrogen-bond acceptors (Lipinski definition) is 6. The molecule has 1 heterocycles. The van der Waals surface area contributed by atoms with Gasteiger partial charge in [-0.15, -0.1) is 5.10 Å². The van der Waals surface area contributed by atoms with Crippen LogP contribution in [-0.2, 0) is 20.2 Å². The lowest BCUT2D eigenvalue weighted by atomic mass is 10.1. The average Bonchev–Trinajstić information content (AvgIpc) is 3.12. The minimum atomic E-state index is 0.517. The standard InChI is InChI=1S/C19H23N5O2S/c1-24-19(21-22-23-24)27-12-11-20-13-16-9-6-10-17(25-2)18(16)26-14-15-7-4-3-5-8-15/h3-10,20H,11-14H2,1-2H3/p+1. The zero-order valence-corrected chi connectivity index (χ0v) is 16.4. The van der Waals surface area contributed by atoms with Gasteiger partial charge in [-0.05, 0) is 28.1 Å². The molecule has 0 unspecified atom stereocenters. The fourth-order valence-electron chi connectivity index (χ4n) is 2.61. The molecule has 0 spiro atoms. The van der Waals surface area contributed by atoms with Crippen molar-refractivity contribution in [1.29, 1.82) is 0 Å². The van der Waals surface area contributed by atoms with Gasteiger partial charge in [-0.3, -0.25) is 0 Å². The number of nitrogens with zero attached hydrogens (tertiary/aromatic N) is 4. The lowest BCUT2D eigenvalue weighted by Crippen LogP contribution is -2.83. The number of hydrogen-bond donors (Lipinski definition) is 1. The summed E-state index contributed by atoms with van der Waals surface area (Å²) in [5.74, 6) is 2.50. The number of methoxy groups -OCH3 is 1. The Hall–Kier alpha value is -2.58.